The number of esters is 1. The lowest BCUT2D eigenvalue weighted by atomic mass is 9.89. The number of carbonyl (C=O) groups excluding carboxylic acids is 2. The quantitative estimate of drug-likeness (QED) is 0.177. The molecule has 1 fully saturated rings. The Balaban J connectivity index is 1.42. The molecule has 1 aliphatic rings. The van der Waals surface area contributed by atoms with Gasteiger partial charge in [0, 0.05) is 5.56 Å². The average molecular weight is 441 g/mol. The molecule has 3 aromatic rings. The summed E-state index contributed by atoms with van der Waals surface area (Å²) < 4.78 is 11.0. The molecule has 0 radical (unpaired) electrons. The van der Waals surface area contributed by atoms with Crippen molar-refractivity contribution in [3.8, 4) is 22.6 Å². The van der Waals surface area contributed by atoms with E-state index in [1.54, 1.807) is 31.4 Å². The highest BCUT2D eigenvalue weighted by Crippen LogP contribution is 2.31. The molecule has 0 spiro atoms. The maximum Gasteiger partial charge on any atom is 0.314 e. The number of carbonyl (C=O) groups is 2. The molecule has 0 bridgehead atoms. The van der Waals surface area contributed by atoms with Crippen molar-refractivity contribution in [2.45, 2.75) is 32.1 Å². The molecule has 4 nitrogen and oxygen atoms in total. The van der Waals surface area contributed by atoms with E-state index in [9.17, 15) is 9.59 Å². The highest BCUT2D eigenvalue weighted by atomic mass is 16.6. The molecular weight excluding hydrogens is 412 g/mol. The zero-order chi connectivity index (χ0) is 23.0. The van der Waals surface area contributed by atoms with Gasteiger partial charge in [-0.05, 0) is 47.7 Å². The zero-order valence-corrected chi connectivity index (χ0v) is 18.8. The number of hydrogen-bond donors (Lipinski definition) is 0. The largest absolute Gasteiger partial charge is 0.493 e. The third-order valence-electron chi connectivity index (χ3n) is 6.04. The smallest absolute Gasteiger partial charge is 0.314 e. The lowest BCUT2D eigenvalue weighted by Gasteiger charge is -2.20. The second-order valence-electron chi connectivity index (χ2n) is 8.31. The van der Waals surface area contributed by atoms with Crippen molar-refractivity contribution in [1.29, 1.82) is 0 Å². The molecule has 0 aromatic heterocycles. The summed E-state index contributed by atoms with van der Waals surface area (Å²) >= 11 is 0. The molecule has 33 heavy (non-hydrogen) atoms. The summed E-state index contributed by atoms with van der Waals surface area (Å²) in [4.78, 5) is 25.1. The van der Waals surface area contributed by atoms with E-state index < -0.39 is 0 Å². The Morgan fingerprint density at radius 3 is 2.21 bits per heavy atom. The van der Waals surface area contributed by atoms with E-state index in [1.807, 2.05) is 60.7 Å². The summed E-state index contributed by atoms with van der Waals surface area (Å²) in [5, 5.41) is 0. The lowest BCUT2D eigenvalue weighted by Crippen LogP contribution is -2.22. The standard InChI is InChI=1S/C29H28O4/c1-32-28-20-21(13-19-27(28)33-29(31)25-10-6-3-7-11-25)12-18-26(30)24-16-14-23(15-17-24)22-8-4-2-5-9-22/h2,4-5,8-9,12-20,25H,3,6-7,10-11H2,1H3/b18-12+. The third kappa shape index (κ3) is 5.78. The minimum atomic E-state index is -0.189. The van der Waals surface area contributed by atoms with Crippen LogP contribution in [0.15, 0.2) is 78.9 Å². The van der Waals surface area contributed by atoms with E-state index >= 15 is 0 Å². The molecule has 4 rings (SSSR count). The van der Waals surface area contributed by atoms with E-state index in [-0.39, 0.29) is 17.7 Å². The van der Waals surface area contributed by atoms with E-state index in [2.05, 4.69) is 0 Å². The van der Waals surface area contributed by atoms with Crippen molar-refractivity contribution >= 4 is 17.8 Å². The van der Waals surface area contributed by atoms with Crippen LogP contribution < -0.4 is 9.47 Å². The highest BCUT2D eigenvalue weighted by Gasteiger charge is 2.24. The van der Waals surface area contributed by atoms with Crippen LogP contribution in [0.1, 0.15) is 48.0 Å². The van der Waals surface area contributed by atoms with Crippen LogP contribution in [0.3, 0.4) is 0 Å². The normalized spacial score (nSPS) is 14.2. The fourth-order valence-corrected chi connectivity index (χ4v) is 4.13. The Kier molecular flexibility index (Phi) is 7.36. The van der Waals surface area contributed by atoms with Gasteiger partial charge in [0.05, 0.1) is 13.0 Å². The first-order valence-electron chi connectivity index (χ1n) is 11.4. The van der Waals surface area contributed by atoms with E-state index in [0.29, 0.717) is 17.1 Å². The van der Waals surface area contributed by atoms with E-state index in [4.69, 9.17) is 9.47 Å². The number of rotatable bonds is 7. The first kappa shape index (κ1) is 22.5. The molecular formula is C29H28O4. The Labute approximate surface area is 194 Å². The molecule has 0 heterocycles. The Hall–Kier alpha value is -3.66. The van der Waals surface area contributed by atoms with Crippen LogP contribution in [-0.2, 0) is 4.79 Å². The number of ketones is 1. The topological polar surface area (TPSA) is 52.6 Å². The van der Waals surface area contributed by atoms with Crippen LogP contribution in [-0.4, -0.2) is 18.9 Å². The Morgan fingerprint density at radius 1 is 0.818 bits per heavy atom. The molecule has 0 atom stereocenters. The molecule has 0 unspecified atom stereocenters. The number of allylic oxidation sites excluding steroid dienone is 1. The lowest BCUT2D eigenvalue weighted by molar-refractivity contribution is -0.140. The van der Waals surface area contributed by atoms with Gasteiger partial charge in [0.25, 0.3) is 0 Å². The van der Waals surface area contributed by atoms with Crippen molar-refractivity contribution in [3.63, 3.8) is 0 Å². The van der Waals surface area contributed by atoms with Crippen molar-refractivity contribution in [1.82, 2.24) is 0 Å². The van der Waals surface area contributed by atoms with Crippen LogP contribution in [0.5, 0.6) is 11.5 Å². The van der Waals surface area contributed by atoms with Gasteiger partial charge in [0.1, 0.15) is 0 Å². The second kappa shape index (κ2) is 10.8. The predicted octanol–water partition coefficient (Wildman–Crippen LogP) is 6.74. The summed E-state index contributed by atoms with van der Waals surface area (Å²) in [6.45, 7) is 0. The molecule has 168 valence electrons. The van der Waals surface area contributed by atoms with Gasteiger partial charge >= 0.3 is 5.97 Å². The fourth-order valence-electron chi connectivity index (χ4n) is 4.13. The summed E-state index contributed by atoms with van der Waals surface area (Å²) in [7, 11) is 1.54. The summed E-state index contributed by atoms with van der Waals surface area (Å²) in [6.07, 6.45) is 8.38. The molecule has 0 N–H and O–H groups in total. The van der Waals surface area contributed by atoms with Crippen LogP contribution in [0, 0.1) is 5.92 Å². The van der Waals surface area contributed by atoms with Crippen molar-refractivity contribution < 1.29 is 19.1 Å². The number of hydrogen-bond acceptors (Lipinski definition) is 4. The summed E-state index contributed by atoms with van der Waals surface area (Å²) in [6, 6.07) is 22.9. The first-order chi connectivity index (χ1) is 16.1. The van der Waals surface area contributed by atoms with Crippen LogP contribution in [0.25, 0.3) is 17.2 Å². The monoisotopic (exact) mass is 440 g/mol. The van der Waals surface area contributed by atoms with E-state index in [1.165, 1.54) is 6.42 Å². The Bertz CT molecular complexity index is 1120. The van der Waals surface area contributed by atoms with Crippen LogP contribution in [0.2, 0.25) is 0 Å². The SMILES string of the molecule is COc1cc(/C=C/C(=O)c2ccc(-c3ccccc3)cc2)ccc1OC(=O)C1CCCCC1. The second-order valence-corrected chi connectivity index (χ2v) is 8.31. The molecule has 3 aromatic carbocycles. The number of methoxy groups -OCH3 is 1. The molecule has 0 saturated heterocycles. The first-order valence-corrected chi connectivity index (χ1v) is 11.4. The maximum absolute atomic E-state index is 12.6. The van der Waals surface area contributed by atoms with Gasteiger partial charge in [-0.15, -0.1) is 0 Å². The fraction of sp³-hybridized carbons (Fsp3) is 0.241. The van der Waals surface area contributed by atoms with Gasteiger partial charge in [-0.2, -0.15) is 0 Å². The van der Waals surface area contributed by atoms with Crippen molar-refractivity contribution in [2.24, 2.45) is 5.92 Å². The average Bonchev–Trinajstić information content (AvgIpc) is 2.89. The summed E-state index contributed by atoms with van der Waals surface area (Å²) in [5.41, 5.74) is 3.59. The van der Waals surface area contributed by atoms with Gasteiger partial charge in [-0.25, -0.2) is 0 Å². The molecule has 4 heteroatoms. The molecule has 1 saturated carbocycles. The molecule has 0 amide bonds. The van der Waals surface area contributed by atoms with Crippen LogP contribution in [0.4, 0.5) is 0 Å². The van der Waals surface area contributed by atoms with Gasteiger partial charge in [-0.1, -0.05) is 86.0 Å². The van der Waals surface area contributed by atoms with Gasteiger partial charge < -0.3 is 9.47 Å². The minimum absolute atomic E-state index is 0.0334. The number of benzene rings is 3. The minimum Gasteiger partial charge on any atom is -0.493 e. The van der Waals surface area contributed by atoms with Gasteiger partial charge in [0.15, 0.2) is 17.3 Å². The van der Waals surface area contributed by atoms with Gasteiger partial charge in [0.2, 0.25) is 0 Å². The van der Waals surface area contributed by atoms with Crippen molar-refractivity contribution in [3.05, 3.63) is 90.0 Å². The summed E-state index contributed by atoms with van der Waals surface area (Å²) in [5.74, 6) is 0.578. The zero-order valence-electron chi connectivity index (χ0n) is 18.8. The maximum atomic E-state index is 12.6. The molecule has 0 aliphatic heterocycles. The van der Waals surface area contributed by atoms with Crippen LogP contribution >= 0.6 is 0 Å². The predicted molar refractivity (Wildman–Crippen MR) is 130 cm³/mol. The highest BCUT2D eigenvalue weighted by molar-refractivity contribution is 6.07. The third-order valence-corrected chi connectivity index (χ3v) is 6.04. The molecule has 1 aliphatic carbocycles. The van der Waals surface area contributed by atoms with Gasteiger partial charge in [-0.3, -0.25) is 9.59 Å². The number of ether oxygens (including phenoxy) is 2. The van der Waals surface area contributed by atoms with Crippen molar-refractivity contribution in [2.75, 3.05) is 7.11 Å². The van der Waals surface area contributed by atoms with E-state index in [0.717, 1.165) is 42.4 Å². The Morgan fingerprint density at radius 2 is 1.52 bits per heavy atom.